The van der Waals surface area contributed by atoms with Crippen molar-refractivity contribution in [1.29, 1.82) is 0 Å². The van der Waals surface area contributed by atoms with E-state index in [4.69, 9.17) is 32.7 Å². The molecule has 0 saturated carbocycles. The molecule has 1 aromatic heterocycles. The van der Waals surface area contributed by atoms with Crippen LogP contribution in [0.5, 0.6) is 5.75 Å². The van der Waals surface area contributed by atoms with Crippen molar-refractivity contribution < 1.29 is 14.3 Å². The quantitative estimate of drug-likeness (QED) is 0.776. The van der Waals surface area contributed by atoms with Crippen LogP contribution >= 0.6 is 34.5 Å². The third kappa shape index (κ3) is 4.26. The maximum absolute atomic E-state index is 12.7. The summed E-state index contributed by atoms with van der Waals surface area (Å²) >= 11 is 13.5. The van der Waals surface area contributed by atoms with Gasteiger partial charge in [-0.15, -0.1) is 11.3 Å². The minimum atomic E-state index is -0.418. The van der Waals surface area contributed by atoms with Gasteiger partial charge in [0.25, 0.3) is 5.91 Å². The Kier molecular flexibility index (Phi) is 5.84. The van der Waals surface area contributed by atoms with Crippen LogP contribution in [0.4, 0.5) is 0 Å². The number of aromatic nitrogens is 1. The first-order chi connectivity index (χ1) is 12.0. The van der Waals surface area contributed by atoms with Gasteiger partial charge in [-0.3, -0.25) is 4.79 Å². The topological polar surface area (TPSA) is 52.8 Å². The number of nitrogens with zero attached hydrogens (tertiary/aromatic N) is 2. The number of aryl methyl sites for hydroxylation is 1. The molecule has 25 heavy (non-hydrogen) atoms. The van der Waals surface area contributed by atoms with Gasteiger partial charge in [0.1, 0.15) is 5.75 Å². The van der Waals surface area contributed by atoms with Crippen molar-refractivity contribution in [1.82, 2.24) is 4.57 Å². The molecule has 134 valence electrons. The third-order valence-corrected chi connectivity index (χ3v) is 5.59. The monoisotopic (exact) mass is 400 g/mol. The number of ether oxygens (including phenoxy) is 2. The SMILES string of the molecule is COc1cc(Cl)c(Cl)cc1C(=O)N=c1sc(C)cn1C[C@H]1CCCO1. The van der Waals surface area contributed by atoms with Crippen molar-refractivity contribution >= 4 is 40.4 Å². The number of methoxy groups -OCH3 is 1. The van der Waals surface area contributed by atoms with E-state index in [1.54, 1.807) is 0 Å². The van der Waals surface area contributed by atoms with Crippen LogP contribution in [0.2, 0.25) is 10.0 Å². The lowest BCUT2D eigenvalue weighted by Crippen LogP contribution is -2.23. The van der Waals surface area contributed by atoms with Gasteiger partial charge in [0.15, 0.2) is 4.80 Å². The zero-order valence-corrected chi connectivity index (χ0v) is 16.2. The van der Waals surface area contributed by atoms with Crippen molar-refractivity contribution in [2.24, 2.45) is 4.99 Å². The van der Waals surface area contributed by atoms with Crippen molar-refractivity contribution in [2.45, 2.75) is 32.4 Å². The van der Waals surface area contributed by atoms with E-state index < -0.39 is 5.91 Å². The van der Waals surface area contributed by atoms with Crippen LogP contribution in [-0.2, 0) is 11.3 Å². The summed E-state index contributed by atoms with van der Waals surface area (Å²) < 4.78 is 12.9. The number of amides is 1. The molecule has 0 aliphatic carbocycles. The molecule has 1 amide bonds. The number of hydrogen-bond acceptors (Lipinski definition) is 4. The van der Waals surface area contributed by atoms with E-state index in [1.807, 2.05) is 17.7 Å². The Bertz CT molecular complexity index is 854. The summed E-state index contributed by atoms with van der Waals surface area (Å²) in [6.07, 6.45) is 4.25. The second-order valence-corrected chi connectivity index (χ2v) is 7.82. The zero-order chi connectivity index (χ0) is 18.0. The highest BCUT2D eigenvalue weighted by molar-refractivity contribution is 7.09. The Labute approximate surface area is 159 Å². The number of thiazole rings is 1. The fourth-order valence-corrected chi connectivity index (χ4v) is 3.90. The van der Waals surface area contributed by atoms with Crippen LogP contribution in [0, 0.1) is 6.92 Å². The predicted octanol–water partition coefficient (Wildman–Crippen LogP) is 4.09. The molecule has 3 rings (SSSR count). The number of halogens is 2. The molecule has 0 bridgehead atoms. The fourth-order valence-electron chi connectivity index (χ4n) is 2.74. The summed E-state index contributed by atoms with van der Waals surface area (Å²) in [6.45, 7) is 3.47. The number of benzene rings is 1. The van der Waals surface area contributed by atoms with E-state index in [9.17, 15) is 4.79 Å². The second-order valence-electron chi connectivity index (χ2n) is 5.80. The van der Waals surface area contributed by atoms with Crippen LogP contribution in [0.3, 0.4) is 0 Å². The molecular formula is C17H18Cl2N2O3S. The van der Waals surface area contributed by atoms with Crippen LogP contribution in [0.1, 0.15) is 28.1 Å². The zero-order valence-electron chi connectivity index (χ0n) is 13.9. The first kappa shape index (κ1) is 18.5. The smallest absolute Gasteiger partial charge is 0.283 e. The summed E-state index contributed by atoms with van der Waals surface area (Å²) in [5.74, 6) is -0.0690. The molecule has 1 aliphatic rings. The van der Waals surface area contributed by atoms with Gasteiger partial charge in [-0.1, -0.05) is 23.2 Å². The molecule has 0 N–H and O–H groups in total. The van der Waals surface area contributed by atoms with E-state index in [-0.39, 0.29) is 16.7 Å². The molecule has 0 radical (unpaired) electrons. The summed E-state index contributed by atoms with van der Waals surface area (Å²) in [4.78, 5) is 18.7. The first-order valence-electron chi connectivity index (χ1n) is 7.88. The number of hydrogen-bond donors (Lipinski definition) is 0. The van der Waals surface area contributed by atoms with Crippen molar-refractivity contribution in [3.05, 3.63) is 43.6 Å². The van der Waals surface area contributed by atoms with Gasteiger partial charge in [0.2, 0.25) is 0 Å². The molecule has 0 unspecified atom stereocenters. The van der Waals surface area contributed by atoms with Crippen molar-refractivity contribution in [3.8, 4) is 5.75 Å². The fraction of sp³-hybridized carbons (Fsp3) is 0.412. The molecule has 5 nitrogen and oxygen atoms in total. The van der Waals surface area contributed by atoms with Crippen LogP contribution < -0.4 is 9.54 Å². The van der Waals surface area contributed by atoms with Crippen LogP contribution in [-0.4, -0.2) is 30.3 Å². The molecule has 1 aromatic carbocycles. The summed E-state index contributed by atoms with van der Waals surface area (Å²) in [5, 5.41) is 0.617. The number of carbonyl (C=O) groups is 1. The molecule has 1 saturated heterocycles. The van der Waals surface area contributed by atoms with Gasteiger partial charge in [0.05, 0.1) is 35.4 Å². The summed E-state index contributed by atoms with van der Waals surface area (Å²) in [6, 6.07) is 3.01. The molecule has 2 aromatic rings. The largest absolute Gasteiger partial charge is 0.496 e. The molecule has 0 spiro atoms. The average Bonchev–Trinajstić information content (AvgIpc) is 3.20. The Morgan fingerprint density at radius 3 is 2.88 bits per heavy atom. The normalized spacial score (nSPS) is 17.9. The molecule has 2 heterocycles. The van der Waals surface area contributed by atoms with Crippen LogP contribution in [0.15, 0.2) is 23.3 Å². The van der Waals surface area contributed by atoms with Crippen molar-refractivity contribution in [2.75, 3.05) is 13.7 Å². The van der Waals surface area contributed by atoms with Gasteiger partial charge in [-0.05, 0) is 25.8 Å². The Morgan fingerprint density at radius 1 is 1.44 bits per heavy atom. The Morgan fingerprint density at radius 2 is 2.20 bits per heavy atom. The highest BCUT2D eigenvalue weighted by atomic mass is 35.5. The van der Waals surface area contributed by atoms with Crippen molar-refractivity contribution in [3.63, 3.8) is 0 Å². The maximum Gasteiger partial charge on any atom is 0.283 e. The number of rotatable bonds is 4. The molecule has 8 heteroatoms. The second kappa shape index (κ2) is 7.91. The Balaban J connectivity index is 1.95. The molecule has 1 fully saturated rings. The molecule has 1 aliphatic heterocycles. The Hall–Kier alpha value is -1.34. The lowest BCUT2D eigenvalue weighted by Gasteiger charge is -2.10. The standard InChI is InChI=1S/C17H18Cl2N2O3S/c1-10-8-21(9-11-4-3-5-24-11)17(25-10)20-16(22)12-6-13(18)14(19)7-15(12)23-2/h6-8,11H,3-5,9H2,1-2H3/t11-/m1/s1. The van der Waals surface area contributed by atoms with E-state index in [0.717, 1.165) is 24.3 Å². The minimum Gasteiger partial charge on any atom is -0.496 e. The first-order valence-corrected chi connectivity index (χ1v) is 9.45. The van der Waals surface area contributed by atoms with Crippen LogP contribution in [0.25, 0.3) is 0 Å². The highest BCUT2D eigenvalue weighted by Crippen LogP contribution is 2.31. The van der Waals surface area contributed by atoms with Gasteiger partial charge in [0, 0.05) is 23.7 Å². The minimum absolute atomic E-state index is 0.169. The molecular weight excluding hydrogens is 383 g/mol. The summed E-state index contributed by atoms with van der Waals surface area (Å²) in [7, 11) is 1.48. The molecule has 1 atom stereocenters. The average molecular weight is 401 g/mol. The lowest BCUT2D eigenvalue weighted by atomic mass is 10.2. The third-order valence-electron chi connectivity index (χ3n) is 3.93. The van der Waals surface area contributed by atoms with Gasteiger partial charge < -0.3 is 14.0 Å². The lowest BCUT2D eigenvalue weighted by molar-refractivity contribution is 0.0949. The van der Waals surface area contributed by atoms with Gasteiger partial charge in [-0.2, -0.15) is 4.99 Å². The maximum atomic E-state index is 12.7. The van der Waals surface area contributed by atoms with E-state index in [2.05, 4.69) is 4.99 Å². The van der Waals surface area contributed by atoms with E-state index in [0.29, 0.717) is 22.1 Å². The van der Waals surface area contributed by atoms with Gasteiger partial charge >= 0.3 is 0 Å². The summed E-state index contributed by atoms with van der Waals surface area (Å²) in [5.41, 5.74) is 0.284. The van der Waals surface area contributed by atoms with E-state index >= 15 is 0 Å². The van der Waals surface area contributed by atoms with E-state index in [1.165, 1.54) is 30.6 Å². The highest BCUT2D eigenvalue weighted by Gasteiger charge is 2.18. The predicted molar refractivity (Wildman–Crippen MR) is 98.9 cm³/mol. The number of carbonyl (C=O) groups excluding carboxylic acids is 1. The van der Waals surface area contributed by atoms with Gasteiger partial charge in [-0.25, -0.2) is 0 Å².